The third-order valence-corrected chi connectivity index (χ3v) is 21.9. The Morgan fingerprint density at radius 3 is 0.728 bits per heavy atom. The molecule has 4 fully saturated rings. The minimum Gasteiger partial charge on any atom is -0.392 e. The van der Waals surface area contributed by atoms with Gasteiger partial charge in [0.25, 0.3) is 0 Å². The van der Waals surface area contributed by atoms with Crippen molar-refractivity contribution in [3.63, 3.8) is 0 Å². The first-order valence-electron chi connectivity index (χ1n) is 33.6. The van der Waals surface area contributed by atoms with Crippen molar-refractivity contribution in [3.8, 4) is 44.5 Å². The molecule has 2 N–H and O–H groups in total. The Bertz CT molecular complexity index is 3380. The van der Waals surface area contributed by atoms with Crippen LogP contribution in [0.1, 0.15) is 223 Å². The van der Waals surface area contributed by atoms with E-state index in [-0.39, 0.29) is 58.1 Å². The van der Waals surface area contributed by atoms with Gasteiger partial charge in [-0.05, 0) is 240 Å². The predicted molar refractivity (Wildman–Crippen MR) is 379 cm³/mol. The lowest BCUT2D eigenvalue weighted by Gasteiger charge is -2.30. The molecule has 8 heteroatoms. The van der Waals surface area contributed by atoms with Crippen molar-refractivity contribution in [1.29, 1.82) is 0 Å². The van der Waals surface area contributed by atoms with Crippen molar-refractivity contribution >= 4 is 23.2 Å². The number of aliphatic hydroxyl groups is 2. The van der Waals surface area contributed by atoms with E-state index in [4.69, 9.17) is 23.2 Å². The highest BCUT2D eigenvalue weighted by atomic mass is 35.5. The average molecular weight is 1290 g/mol. The number of hydrogen-bond donors (Lipinski definition) is 2. The van der Waals surface area contributed by atoms with Gasteiger partial charge in [0, 0.05) is 34.0 Å². The second-order valence-electron chi connectivity index (χ2n) is 29.9. The minimum absolute atomic E-state index is 0.0245. The largest absolute Gasteiger partial charge is 0.392 e. The van der Waals surface area contributed by atoms with Crippen molar-refractivity contribution < 1.29 is 27.8 Å². The smallest absolute Gasteiger partial charge is 0.131 e. The number of halogens is 6. The number of benzene rings is 8. The third kappa shape index (κ3) is 16.0. The van der Waals surface area contributed by atoms with Crippen molar-refractivity contribution in [2.45, 2.75) is 209 Å². The first kappa shape index (κ1) is 70.3. The van der Waals surface area contributed by atoms with Gasteiger partial charge in [-0.1, -0.05) is 200 Å². The highest BCUT2D eigenvalue weighted by molar-refractivity contribution is 6.17. The molecule has 0 spiro atoms. The fourth-order valence-electron chi connectivity index (χ4n) is 15.9. The second-order valence-corrected chi connectivity index (χ2v) is 30.5. The zero-order chi connectivity index (χ0) is 66.5. The Hall–Kier alpha value is -6.02. The van der Waals surface area contributed by atoms with E-state index in [0.717, 1.165) is 79.6 Å². The molecule has 92 heavy (non-hydrogen) atoms. The SMILES string of the molecule is Cc1ccc(F)c(-c2ccc(CCl)cc2[C@@H]2CCCC2(C)C)c1.Cc1ccc(F)c(-c2ccc(CCl)cc2[C@H]2CCCC2(C)C)c1.Cc1ccc(F)c(-c2ccc(CO)cc2[C@@H]2CCCC2(C)C)c1.Cc1ccc(F)c(-c2ccc(CO)cc2[C@H]2CCCC2(C)C)c1. The van der Waals surface area contributed by atoms with E-state index in [2.05, 4.69) is 91.8 Å². The Kier molecular flexibility index (Phi) is 22.7. The maximum atomic E-state index is 14.5. The topological polar surface area (TPSA) is 40.5 Å². The molecule has 0 bridgehead atoms. The first-order chi connectivity index (χ1) is 43.7. The van der Waals surface area contributed by atoms with Gasteiger partial charge in [-0.25, -0.2) is 17.6 Å². The second kappa shape index (κ2) is 29.7. The van der Waals surface area contributed by atoms with Gasteiger partial charge >= 0.3 is 0 Å². The zero-order valence-electron chi connectivity index (χ0n) is 56.6. The number of aliphatic hydroxyl groups excluding tert-OH is 2. The molecule has 0 radical (unpaired) electrons. The fraction of sp³-hybridized carbons (Fsp3) is 0.429. The lowest BCUT2D eigenvalue weighted by molar-refractivity contribution is 0.281. The van der Waals surface area contributed by atoms with E-state index in [9.17, 15) is 27.8 Å². The molecule has 4 saturated carbocycles. The van der Waals surface area contributed by atoms with Gasteiger partial charge in [0.05, 0.1) is 13.2 Å². The molecule has 2 nitrogen and oxygen atoms in total. The molecule has 0 heterocycles. The quantitative estimate of drug-likeness (QED) is 0.0945. The van der Waals surface area contributed by atoms with Crippen LogP contribution in [0, 0.1) is 72.6 Å². The highest BCUT2D eigenvalue weighted by Gasteiger charge is 2.41. The molecule has 4 aliphatic carbocycles. The van der Waals surface area contributed by atoms with Gasteiger partial charge in [0.1, 0.15) is 23.3 Å². The van der Waals surface area contributed by atoms with Gasteiger partial charge in [-0.15, -0.1) is 23.2 Å². The molecule has 12 rings (SSSR count). The van der Waals surface area contributed by atoms with Gasteiger partial charge in [0.2, 0.25) is 0 Å². The molecule has 0 amide bonds. The van der Waals surface area contributed by atoms with Crippen LogP contribution in [0.15, 0.2) is 146 Å². The molecule has 4 aliphatic rings. The van der Waals surface area contributed by atoms with Crippen LogP contribution in [0.25, 0.3) is 44.5 Å². The van der Waals surface area contributed by atoms with Crippen LogP contribution in [0.3, 0.4) is 0 Å². The van der Waals surface area contributed by atoms with E-state index in [0.29, 0.717) is 57.7 Å². The fourth-order valence-corrected chi connectivity index (χ4v) is 16.3. The number of hydrogen-bond acceptors (Lipinski definition) is 2. The van der Waals surface area contributed by atoms with Gasteiger partial charge in [-0.2, -0.15) is 0 Å². The summed E-state index contributed by atoms with van der Waals surface area (Å²) in [6.07, 6.45) is 14.3. The molecule has 4 atom stereocenters. The van der Waals surface area contributed by atoms with Crippen LogP contribution >= 0.6 is 23.2 Å². The lowest BCUT2D eigenvalue weighted by Crippen LogP contribution is -2.16. The third-order valence-electron chi connectivity index (χ3n) is 21.3. The monoisotopic (exact) mass is 1280 g/mol. The standard InChI is InChI=1S/2C21H24ClF.2C21H25FO/c2*1-14-6-9-20(23)18(11-14)16-8-7-15(13-22)12-17(16)19-5-4-10-21(19,2)3;2*1-14-6-9-20(22)18(11-14)16-8-7-15(13-23)12-17(16)19-5-4-10-21(19,2)3/h2*6-9,11-12,19H,4-5,10,13H2,1-3H3;2*6-9,11-12,19,23H,4-5,10,13H2,1-3H3/t4*19-/m1010/s1. The maximum Gasteiger partial charge on any atom is 0.131 e. The van der Waals surface area contributed by atoms with E-state index in [1.165, 1.54) is 86.5 Å². The Balaban J connectivity index is 0.000000145. The Morgan fingerprint density at radius 1 is 0.315 bits per heavy atom. The van der Waals surface area contributed by atoms with Crippen molar-refractivity contribution in [2.75, 3.05) is 0 Å². The first-order valence-corrected chi connectivity index (χ1v) is 34.7. The molecule has 8 aromatic carbocycles. The number of alkyl halides is 2. The molecular weight excluding hydrogens is 1190 g/mol. The van der Waals surface area contributed by atoms with E-state index in [1.807, 2.05) is 100 Å². The summed E-state index contributed by atoms with van der Waals surface area (Å²) in [6, 6.07) is 45.7. The average Bonchev–Trinajstić information content (AvgIpc) is 1.44. The van der Waals surface area contributed by atoms with Crippen LogP contribution in [-0.4, -0.2) is 10.2 Å². The van der Waals surface area contributed by atoms with Gasteiger partial charge < -0.3 is 10.2 Å². The van der Waals surface area contributed by atoms with Crippen LogP contribution < -0.4 is 0 Å². The zero-order valence-corrected chi connectivity index (χ0v) is 58.2. The summed E-state index contributed by atoms with van der Waals surface area (Å²) in [5.74, 6) is 2.08. The summed E-state index contributed by atoms with van der Waals surface area (Å²) < 4.78 is 57.8. The molecule has 0 aliphatic heterocycles. The highest BCUT2D eigenvalue weighted by Crippen LogP contribution is 2.55. The van der Waals surface area contributed by atoms with Crippen LogP contribution in [-0.2, 0) is 25.0 Å². The van der Waals surface area contributed by atoms with Crippen molar-refractivity contribution in [3.05, 3.63) is 236 Å². The summed E-state index contributed by atoms with van der Waals surface area (Å²) in [5, 5.41) is 19.0. The molecule has 488 valence electrons. The van der Waals surface area contributed by atoms with E-state index >= 15 is 0 Å². The van der Waals surface area contributed by atoms with Crippen LogP contribution in [0.2, 0.25) is 0 Å². The summed E-state index contributed by atoms with van der Waals surface area (Å²) in [6.45, 7) is 26.6. The number of rotatable bonds is 12. The van der Waals surface area contributed by atoms with E-state index < -0.39 is 0 Å². The molecule has 0 aromatic heterocycles. The lowest BCUT2D eigenvalue weighted by atomic mass is 9.75. The summed E-state index contributed by atoms with van der Waals surface area (Å²) >= 11 is 12.1. The maximum absolute atomic E-state index is 14.5. The Labute approximate surface area is 558 Å². The molecule has 0 saturated heterocycles. The molecule has 8 aromatic rings. The van der Waals surface area contributed by atoms with Crippen LogP contribution in [0.5, 0.6) is 0 Å². The molecule has 0 unspecified atom stereocenters. The van der Waals surface area contributed by atoms with Crippen LogP contribution in [0.4, 0.5) is 17.6 Å². The summed E-state index contributed by atoms with van der Waals surface area (Å²) in [4.78, 5) is 0. The number of aryl methyl sites for hydroxylation is 4. The Morgan fingerprint density at radius 2 is 0.533 bits per heavy atom. The predicted octanol–water partition coefficient (Wildman–Crippen LogP) is 24.8. The van der Waals surface area contributed by atoms with Crippen molar-refractivity contribution in [1.82, 2.24) is 0 Å². The normalized spacial score (nSPS) is 20.0. The molecular formula is C84H98Cl2F4O2. The summed E-state index contributed by atoms with van der Waals surface area (Å²) in [5.41, 5.74) is 20.9. The van der Waals surface area contributed by atoms with Crippen molar-refractivity contribution in [2.24, 2.45) is 21.7 Å². The summed E-state index contributed by atoms with van der Waals surface area (Å²) in [7, 11) is 0. The van der Waals surface area contributed by atoms with Gasteiger partial charge in [-0.3, -0.25) is 0 Å². The minimum atomic E-state index is -0.176. The van der Waals surface area contributed by atoms with E-state index in [1.54, 1.807) is 36.4 Å². The van der Waals surface area contributed by atoms with Gasteiger partial charge in [0.15, 0.2) is 0 Å².